The molecule has 0 aliphatic heterocycles. The summed E-state index contributed by atoms with van der Waals surface area (Å²) in [5.74, 6) is -2.42. The summed E-state index contributed by atoms with van der Waals surface area (Å²) in [6.07, 6.45) is 0. The molecule has 1 aromatic carbocycles. The van der Waals surface area contributed by atoms with Crippen molar-refractivity contribution < 1.29 is 13.6 Å². The molecule has 0 saturated heterocycles. The van der Waals surface area contributed by atoms with Crippen molar-refractivity contribution in [2.75, 3.05) is 11.9 Å². The van der Waals surface area contributed by atoms with Crippen LogP contribution in [0.3, 0.4) is 0 Å². The zero-order chi connectivity index (χ0) is 13.1. The fourth-order valence-corrected chi connectivity index (χ4v) is 1.37. The van der Waals surface area contributed by atoms with Gasteiger partial charge in [-0.15, -0.1) is 0 Å². The first-order chi connectivity index (χ1) is 7.87. The van der Waals surface area contributed by atoms with Crippen LogP contribution in [0.1, 0.15) is 24.2 Å². The van der Waals surface area contributed by atoms with E-state index in [1.54, 1.807) is 0 Å². The van der Waals surface area contributed by atoms with Crippen LogP contribution in [0.5, 0.6) is 0 Å². The molecule has 0 aliphatic carbocycles. The first-order valence-electron chi connectivity index (χ1n) is 5.15. The zero-order valence-corrected chi connectivity index (χ0v) is 11.3. The van der Waals surface area contributed by atoms with E-state index < -0.39 is 23.1 Å². The Hall–Kier alpha value is -0.970. The van der Waals surface area contributed by atoms with Gasteiger partial charge in [-0.3, -0.25) is 4.79 Å². The number of amides is 1. The highest BCUT2D eigenvalue weighted by Crippen LogP contribution is 2.17. The summed E-state index contributed by atoms with van der Waals surface area (Å²) in [5, 5.41) is 3.20. The molecule has 0 saturated carbocycles. The van der Waals surface area contributed by atoms with Gasteiger partial charge in [-0.2, -0.15) is 0 Å². The van der Waals surface area contributed by atoms with Gasteiger partial charge in [-0.25, -0.2) is 8.78 Å². The van der Waals surface area contributed by atoms with E-state index in [2.05, 4.69) is 21.2 Å². The van der Waals surface area contributed by atoms with Crippen LogP contribution in [-0.2, 0) is 0 Å². The lowest BCUT2D eigenvalue weighted by Crippen LogP contribution is -2.35. The molecule has 0 aliphatic rings. The molecule has 1 N–H and O–H groups in total. The second-order valence-electron chi connectivity index (χ2n) is 4.58. The van der Waals surface area contributed by atoms with Crippen LogP contribution in [-0.4, -0.2) is 17.8 Å². The lowest BCUT2D eigenvalue weighted by Gasteiger charge is -2.21. The molecule has 0 atom stereocenters. The highest BCUT2D eigenvalue weighted by atomic mass is 79.9. The number of hydrogen-bond acceptors (Lipinski definition) is 1. The Morgan fingerprint density at radius 1 is 1.35 bits per heavy atom. The number of carbonyl (C=O) groups is 1. The van der Waals surface area contributed by atoms with Crippen LogP contribution in [0.15, 0.2) is 18.2 Å². The fourth-order valence-electron chi connectivity index (χ4n) is 1.17. The highest BCUT2D eigenvalue weighted by molar-refractivity contribution is 9.09. The van der Waals surface area contributed by atoms with Crippen molar-refractivity contribution in [3.8, 4) is 0 Å². The van der Waals surface area contributed by atoms with Crippen molar-refractivity contribution >= 4 is 21.8 Å². The lowest BCUT2D eigenvalue weighted by molar-refractivity contribution is 0.0931. The maximum absolute atomic E-state index is 13.3. The molecular weight excluding hydrogens is 292 g/mol. The molecular formula is C12H14BrF2NO. The molecule has 1 rings (SSSR count). The van der Waals surface area contributed by atoms with E-state index in [1.807, 2.05) is 13.8 Å². The quantitative estimate of drug-likeness (QED) is 0.851. The van der Waals surface area contributed by atoms with Crippen molar-refractivity contribution in [2.24, 2.45) is 5.41 Å². The monoisotopic (exact) mass is 305 g/mol. The smallest absolute Gasteiger partial charge is 0.257 e. The van der Waals surface area contributed by atoms with Gasteiger partial charge >= 0.3 is 0 Å². The molecule has 0 bridgehead atoms. The summed E-state index contributed by atoms with van der Waals surface area (Å²) in [7, 11) is 0. The van der Waals surface area contributed by atoms with Gasteiger partial charge in [0.15, 0.2) is 0 Å². The number of halogens is 3. The van der Waals surface area contributed by atoms with Crippen LogP contribution in [0, 0.1) is 17.0 Å². The van der Waals surface area contributed by atoms with E-state index in [1.165, 1.54) is 6.07 Å². The normalized spacial score (nSPS) is 11.4. The van der Waals surface area contributed by atoms with Crippen molar-refractivity contribution in [3.05, 3.63) is 35.4 Å². The van der Waals surface area contributed by atoms with E-state index in [0.29, 0.717) is 11.9 Å². The van der Waals surface area contributed by atoms with Gasteiger partial charge < -0.3 is 5.32 Å². The third-order valence-corrected chi connectivity index (χ3v) is 3.80. The molecule has 5 heteroatoms. The minimum Gasteiger partial charge on any atom is -0.351 e. The number of alkyl halides is 1. The third kappa shape index (κ3) is 3.77. The SMILES string of the molecule is CC(C)(CBr)CNC(=O)c1c(F)cccc1F. The number of rotatable bonds is 4. The van der Waals surface area contributed by atoms with Crippen LogP contribution < -0.4 is 5.32 Å². The first-order valence-corrected chi connectivity index (χ1v) is 6.28. The molecule has 17 heavy (non-hydrogen) atoms. The Morgan fingerprint density at radius 2 is 1.88 bits per heavy atom. The zero-order valence-electron chi connectivity index (χ0n) is 9.69. The van der Waals surface area contributed by atoms with E-state index in [9.17, 15) is 13.6 Å². The van der Waals surface area contributed by atoms with Gasteiger partial charge in [0, 0.05) is 11.9 Å². The van der Waals surface area contributed by atoms with E-state index in [0.717, 1.165) is 12.1 Å². The van der Waals surface area contributed by atoms with E-state index in [4.69, 9.17) is 0 Å². The van der Waals surface area contributed by atoms with Crippen molar-refractivity contribution in [2.45, 2.75) is 13.8 Å². The maximum Gasteiger partial charge on any atom is 0.257 e. The standard InChI is InChI=1S/C12H14BrF2NO/c1-12(2,6-13)7-16-11(17)10-8(14)4-3-5-9(10)15/h3-5H,6-7H2,1-2H3,(H,16,17). The largest absolute Gasteiger partial charge is 0.351 e. The van der Waals surface area contributed by atoms with Gasteiger partial charge in [-0.05, 0) is 17.5 Å². The molecule has 0 unspecified atom stereocenters. The average molecular weight is 306 g/mol. The third-order valence-electron chi connectivity index (χ3n) is 2.28. The predicted molar refractivity (Wildman–Crippen MR) is 66.3 cm³/mol. The van der Waals surface area contributed by atoms with Crippen molar-refractivity contribution in [1.82, 2.24) is 5.32 Å². The Kier molecular flexibility index (Phi) is 4.62. The predicted octanol–water partition coefficient (Wildman–Crippen LogP) is 3.12. The number of benzene rings is 1. The molecule has 0 aromatic heterocycles. The van der Waals surface area contributed by atoms with Crippen molar-refractivity contribution in [1.29, 1.82) is 0 Å². The number of nitrogens with one attached hydrogen (secondary N) is 1. The maximum atomic E-state index is 13.3. The summed E-state index contributed by atoms with van der Waals surface area (Å²) < 4.78 is 26.6. The first kappa shape index (κ1) is 14.1. The molecule has 2 nitrogen and oxygen atoms in total. The summed E-state index contributed by atoms with van der Waals surface area (Å²) in [6.45, 7) is 4.20. The van der Waals surface area contributed by atoms with Crippen LogP contribution in [0.2, 0.25) is 0 Å². The summed E-state index contributed by atoms with van der Waals surface area (Å²) in [4.78, 5) is 11.6. The summed E-state index contributed by atoms with van der Waals surface area (Å²) in [5.41, 5.74) is -0.699. The van der Waals surface area contributed by atoms with Gasteiger partial charge in [0.25, 0.3) is 5.91 Å². The Morgan fingerprint density at radius 3 is 2.35 bits per heavy atom. The molecule has 0 heterocycles. The Balaban J connectivity index is 2.78. The summed E-state index contributed by atoms with van der Waals surface area (Å²) >= 11 is 3.31. The van der Waals surface area contributed by atoms with Gasteiger partial charge in [0.2, 0.25) is 0 Å². The molecule has 1 aromatic rings. The Labute approximate surface area is 108 Å². The van der Waals surface area contributed by atoms with Crippen LogP contribution >= 0.6 is 15.9 Å². The highest BCUT2D eigenvalue weighted by Gasteiger charge is 2.21. The lowest BCUT2D eigenvalue weighted by atomic mass is 9.96. The van der Waals surface area contributed by atoms with Crippen molar-refractivity contribution in [3.63, 3.8) is 0 Å². The number of hydrogen-bond donors (Lipinski definition) is 1. The molecule has 0 radical (unpaired) electrons. The van der Waals surface area contributed by atoms with E-state index in [-0.39, 0.29) is 5.41 Å². The number of carbonyl (C=O) groups excluding carboxylic acids is 1. The molecule has 0 fully saturated rings. The molecule has 1 amide bonds. The fraction of sp³-hybridized carbons (Fsp3) is 0.417. The Bertz CT molecular complexity index is 401. The second-order valence-corrected chi connectivity index (χ2v) is 5.14. The second kappa shape index (κ2) is 5.58. The van der Waals surface area contributed by atoms with E-state index >= 15 is 0 Å². The van der Waals surface area contributed by atoms with Crippen LogP contribution in [0.25, 0.3) is 0 Å². The minimum absolute atomic E-state index is 0.169. The minimum atomic E-state index is -0.848. The molecule has 94 valence electrons. The summed E-state index contributed by atoms with van der Waals surface area (Å²) in [6, 6.07) is 3.35. The van der Waals surface area contributed by atoms with Gasteiger partial charge in [0.05, 0.1) is 0 Å². The molecule has 0 spiro atoms. The topological polar surface area (TPSA) is 29.1 Å². The van der Waals surface area contributed by atoms with Crippen LogP contribution in [0.4, 0.5) is 8.78 Å². The van der Waals surface area contributed by atoms with Gasteiger partial charge in [0.1, 0.15) is 17.2 Å². The average Bonchev–Trinajstić information content (AvgIpc) is 2.26. The van der Waals surface area contributed by atoms with Gasteiger partial charge in [-0.1, -0.05) is 35.8 Å².